The molecule has 0 spiro atoms. The Labute approximate surface area is 99.8 Å². The third-order valence-corrected chi connectivity index (χ3v) is 2.95. The van der Waals surface area contributed by atoms with Crippen molar-refractivity contribution in [3.05, 3.63) is 24.2 Å². The van der Waals surface area contributed by atoms with Crippen LogP contribution in [0.3, 0.4) is 0 Å². The first-order valence-corrected chi connectivity index (χ1v) is 5.66. The molecule has 5 heteroatoms. The van der Waals surface area contributed by atoms with Gasteiger partial charge in [-0.1, -0.05) is 0 Å². The number of hydrogen-bond donors (Lipinski definition) is 1. The number of nitrogens with zero attached hydrogens (tertiary/aromatic N) is 1. The fourth-order valence-corrected chi connectivity index (χ4v) is 2.02. The smallest absolute Gasteiger partial charge is 0.246 e. The first kappa shape index (κ1) is 11.9. The molecule has 17 heavy (non-hydrogen) atoms. The predicted octanol–water partition coefficient (Wildman–Crippen LogP) is 0.557. The van der Waals surface area contributed by atoms with E-state index in [2.05, 4.69) is 5.32 Å². The molecule has 2 rings (SSSR count). The number of furan rings is 1. The van der Waals surface area contributed by atoms with Crippen LogP contribution in [-0.2, 0) is 16.0 Å². The summed E-state index contributed by atoms with van der Waals surface area (Å²) in [5, 5.41) is 3.16. The fraction of sp³-hybridized carbons (Fsp3) is 0.500. The van der Waals surface area contributed by atoms with Gasteiger partial charge in [0, 0.05) is 19.5 Å². The number of likely N-dealkylation sites (tertiary alicyclic amines) is 1. The lowest BCUT2D eigenvalue weighted by molar-refractivity contribution is -0.137. The zero-order valence-electron chi connectivity index (χ0n) is 9.97. The van der Waals surface area contributed by atoms with Gasteiger partial charge < -0.3 is 9.73 Å². The van der Waals surface area contributed by atoms with Crippen molar-refractivity contribution in [1.29, 1.82) is 0 Å². The van der Waals surface area contributed by atoms with E-state index in [0.29, 0.717) is 6.42 Å². The quantitative estimate of drug-likeness (QED) is 0.776. The van der Waals surface area contributed by atoms with Gasteiger partial charge >= 0.3 is 0 Å². The zero-order valence-corrected chi connectivity index (χ0v) is 9.97. The van der Waals surface area contributed by atoms with E-state index in [0.717, 1.165) is 5.76 Å². The molecule has 1 aromatic heterocycles. The zero-order chi connectivity index (χ0) is 12.4. The van der Waals surface area contributed by atoms with Crippen molar-refractivity contribution in [2.24, 2.45) is 0 Å². The highest BCUT2D eigenvalue weighted by atomic mass is 16.3. The normalized spacial score (nSPS) is 22.2. The van der Waals surface area contributed by atoms with E-state index in [-0.39, 0.29) is 24.3 Å². The summed E-state index contributed by atoms with van der Waals surface area (Å²) in [6, 6.07) is 3.43. The molecule has 2 heterocycles. The van der Waals surface area contributed by atoms with E-state index in [1.165, 1.54) is 11.9 Å². The number of amides is 2. The van der Waals surface area contributed by atoms with E-state index in [1.54, 1.807) is 6.26 Å². The van der Waals surface area contributed by atoms with E-state index in [1.807, 2.05) is 19.1 Å². The molecule has 0 aliphatic carbocycles. The fourth-order valence-electron chi connectivity index (χ4n) is 2.02. The average Bonchev–Trinajstić information content (AvgIpc) is 2.85. The molecule has 0 bridgehead atoms. The first-order valence-electron chi connectivity index (χ1n) is 5.66. The van der Waals surface area contributed by atoms with Crippen LogP contribution in [-0.4, -0.2) is 35.8 Å². The van der Waals surface area contributed by atoms with E-state index in [9.17, 15) is 9.59 Å². The third-order valence-electron chi connectivity index (χ3n) is 2.95. The molecule has 5 nitrogen and oxygen atoms in total. The summed E-state index contributed by atoms with van der Waals surface area (Å²) < 4.78 is 5.24. The molecule has 1 N–H and O–H groups in total. The van der Waals surface area contributed by atoms with Crippen LogP contribution >= 0.6 is 0 Å². The molecule has 0 radical (unpaired) electrons. The summed E-state index contributed by atoms with van der Waals surface area (Å²) in [5.41, 5.74) is 0. The van der Waals surface area contributed by atoms with Gasteiger partial charge in [0.25, 0.3) is 0 Å². The first-order chi connectivity index (χ1) is 8.08. The van der Waals surface area contributed by atoms with Crippen LogP contribution < -0.4 is 5.32 Å². The van der Waals surface area contributed by atoms with E-state index in [4.69, 9.17) is 4.42 Å². The van der Waals surface area contributed by atoms with Gasteiger partial charge in [0.05, 0.1) is 18.7 Å². The number of likely N-dealkylation sites (N-methyl/N-ethyl adjacent to an activating group) is 1. The van der Waals surface area contributed by atoms with Crippen molar-refractivity contribution in [3.8, 4) is 0 Å². The maximum atomic E-state index is 11.7. The lowest BCUT2D eigenvalue weighted by Gasteiger charge is -2.16. The van der Waals surface area contributed by atoms with Gasteiger partial charge in [-0.05, 0) is 19.1 Å². The lowest BCUT2D eigenvalue weighted by Crippen LogP contribution is -2.42. The van der Waals surface area contributed by atoms with Crippen LogP contribution in [0, 0.1) is 0 Å². The van der Waals surface area contributed by atoms with Gasteiger partial charge in [0.2, 0.25) is 11.8 Å². The highest BCUT2D eigenvalue weighted by molar-refractivity contribution is 6.05. The standard InChI is InChI=1S/C12H16N2O3/c1-8(6-9-4-3-5-17-9)13-10-7-11(15)14(2)12(10)16/h3-5,8,10,13H,6-7H2,1-2H3. The van der Waals surface area contributed by atoms with Crippen molar-refractivity contribution < 1.29 is 14.0 Å². The van der Waals surface area contributed by atoms with Crippen molar-refractivity contribution in [3.63, 3.8) is 0 Å². The molecule has 2 unspecified atom stereocenters. The van der Waals surface area contributed by atoms with E-state index < -0.39 is 6.04 Å². The van der Waals surface area contributed by atoms with Crippen LogP contribution in [0.15, 0.2) is 22.8 Å². The highest BCUT2D eigenvalue weighted by Gasteiger charge is 2.36. The summed E-state index contributed by atoms with van der Waals surface area (Å²) in [7, 11) is 1.52. The Morgan fingerprint density at radius 1 is 1.59 bits per heavy atom. The summed E-state index contributed by atoms with van der Waals surface area (Å²) in [4.78, 5) is 24.2. The molecule has 2 atom stereocenters. The van der Waals surface area contributed by atoms with Gasteiger partial charge in [-0.15, -0.1) is 0 Å². The van der Waals surface area contributed by atoms with Gasteiger partial charge in [0.15, 0.2) is 0 Å². The van der Waals surface area contributed by atoms with Crippen LogP contribution in [0.1, 0.15) is 19.1 Å². The largest absolute Gasteiger partial charge is 0.469 e. The second kappa shape index (κ2) is 4.71. The Balaban J connectivity index is 1.89. The van der Waals surface area contributed by atoms with Gasteiger partial charge in [-0.25, -0.2) is 0 Å². The summed E-state index contributed by atoms with van der Waals surface area (Å²) >= 11 is 0. The van der Waals surface area contributed by atoms with Crippen LogP contribution in [0.2, 0.25) is 0 Å². The number of nitrogens with one attached hydrogen (secondary N) is 1. The van der Waals surface area contributed by atoms with Crippen molar-refractivity contribution in [2.75, 3.05) is 7.05 Å². The van der Waals surface area contributed by atoms with Gasteiger partial charge in [0.1, 0.15) is 5.76 Å². The molecule has 1 aromatic rings. The van der Waals surface area contributed by atoms with Crippen LogP contribution in [0.5, 0.6) is 0 Å². The Bertz CT molecular complexity index is 413. The second-order valence-corrected chi connectivity index (χ2v) is 4.40. The number of rotatable bonds is 4. The molecule has 1 fully saturated rings. The Morgan fingerprint density at radius 3 is 2.88 bits per heavy atom. The number of carbonyl (C=O) groups excluding carboxylic acids is 2. The molecule has 2 amide bonds. The molecule has 92 valence electrons. The summed E-state index contributed by atoms with van der Waals surface area (Å²) in [5.74, 6) is 0.592. The topological polar surface area (TPSA) is 62.6 Å². The molecule has 0 aromatic carbocycles. The second-order valence-electron chi connectivity index (χ2n) is 4.40. The monoisotopic (exact) mass is 236 g/mol. The van der Waals surface area contributed by atoms with Crippen LogP contribution in [0.4, 0.5) is 0 Å². The van der Waals surface area contributed by atoms with Gasteiger partial charge in [-0.2, -0.15) is 0 Å². The minimum atomic E-state index is -0.391. The molecule has 1 aliphatic heterocycles. The minimum Gasteiger partial charge on any atom is -0.469 e. The van der Waals surface area contributed by atoms with Gasteiger partial charge in [-0.3, -0.25) is 14.5 Å². The molecular formula is C12H16N2O3. The maximum Gasteiger partial charge on any atom is 0.246 e. The Kier molecular flexibility index (Phi) is 3.28. The van der Waals surface area contributed by atoms with E-state index >= 15 is 0 Å². The Morgan fingerprint density at radius 2 is 2.35 bits per heavy atom. The molecule has 1 aliphatic rings. The lowest BCUT2D eigenvalue weighted by atomic mass is 10.1. The third kappa shape index (κ3) is 2.55. The predicted molar refractivity (Wildman–Crippen MR) is 61.2 cm³/mol. The van der Waals surface area contributed by atoms with Crippen molar-refractivity contribution >= 4 is 11.8 Å². The minimum absolute atomic E-state index is 0.0920. The molecule has 0 saturated carbocycles. The number of hydrogen-bond acceptors (Lipinski definition) is 4. The average molecular weight is 236 g/mol. The highest BCUT2D eigenvalue weighted by Crippen LogP contribution is 2.12. The number of carbonyl (C=O) groups is 2. The van der Waals surface area contributed by atoms with Crippen molar-refractivity contribution in [1.82, 2.24) is 10.2 Å². The summed E-state index contributed by atoms with van der Waals surface area (Å²) in [6.45, 7) is 1.97. The maximum absolute atomic E-state index is 11.7. The number of imide groups is 1. The molecular weight excluding hydrogens is 220 g/mol. The Hall–Kier alpha value is -1.62. The van der Waals surface area contributed by atoms with Crippen molar-refractivity contribution in [2.45, 2.75) is 31.8 Å². The van der Waals surface area contributed by atoms with Crippen LogP contribution in [0.25, 0.3) is 0 Å². The summed E-state index contributed by atoms with van der Waals surface area (Å²) in [6.07, 6.45) is 2.58. The SMILES string of the molecule is CC(Cc1ccco1)NC1CC(=O)N(C)C1=O. The molecule has 1 saturated heterocycles.